The molecule has 0 amide bonds. The van der Waals surface area contributed by atoms with Crippen LogP contribution in [-0.4, -0.2) is 17.6 Å². The fourth-order valence-corrected chi connectivity index (χ4v) is 3.93. The van der Waals surface area contributed by atoms with Crippen molar-refractivity contribution in [2.75, 3.05) is 6.61 Å². The van der Waals surface area contributed by atoms with Crippen LogP contribution in [0.4, 0.5) is 0 Å². The largest absolute Gasteiger partial charge is 0.466 e. The molecule has 2 unspecified atom stereocenters. The Labute approximate surface area is 127 Å². The SMILES string of the molecule is CCOC(=O)C1c2c([nH]c3ccc(Cl)cc23)C2C=C[C@@H]1C2. The fraction of sp³-hybridized carbons (Fsp3) is 0.353. The number of aromatic amines is 1. The van der Waals surface area contributed by atoms with E-state index in [1.54, 1.807) is 0 Å². The third kappa shape index (κ3) is 1.84. The van der Waals surface area contributed by atoms with Crippen LogP contribution in [0.25, 0.3) is 10.9 Å². The molecular formula is C17H16ClNO2. The summed E-state index contributed by atoms with van der Waals surface area (Å²) in [5, 5.41) is 1.74. The van der Waals surface area contributed by atoms with Crippen molar-refractivity contribution in [2.45, 2.75) is 25.2 Å². The summed E-state index contributed by atoms with van der Waals surface area (Å²) in [5.74, 6) is 0.262. The van der Waals surface area contributed by atoms with Crippen LogP contribution in [0.5, 0.6) is 0 Å². The van der Waals surface area contributed by atoms with E-state index in [1.807, 2.05) is 25.1 Å². The van der Waals surface area contributed by atoms with Gasteiger partial charge in [-0.25, -0.2) is 0 Å². The van der Waals surface area contributed by atoms with Crippen molar-refractivity contribution in [1.82, 2.24) is 4.98 Å². The molecule has 0 saturated heterocycles. The maximum Gasteiger partial charge on any atom is 0.314 e. The zero-order valence-electron chi connectivity index (χ0n) is 11.7. The Bertz CT molecular complexity index is 761. The van der Waals surface area contributed by atoms with E-state index in [4.69, 9.17) is 16.3 Å². The first kappa shape index (κ1) is 13.0. The molecule has 3 atom stereocenters. The number of hydrogen-bond acceptors (Lipinski definition) is 2. The molecule has 1 heterocycles. The molecule has 2 aliphatic rings. The van der Waals surface area contributed by atoms with Crippen molar-refractivity contribution >= 4 is 28.5 Å². The summed E-state index contributed by atoms with van der Waals surface area (Å²) >= 11 is 6.15. The number of carbonyl (C=O) groups is 1. The number of carbonyl (C=O) groups excluding carboxylic acids is 1. The fourth-order valence-electron chi connectivity index (χ4n) is 3.76. The molecule has 21 heavy (non-hydrogen) atoms. The predicted octanol–water partition coefficient (Wildman–Crippen LogP) is 4.14. The number of halogens is 1. The number of ether oxygens (including phenoxy) is 1. The summed E-state index contributed by atoms with van der Waals surface area (Å²) in [6.45, 7) is 2.26. The number of rotatable bonds is 2. The molecule has 3 nitrogen and oxygen atoms in total. The van der Waals surface area contributed by atoms with E-state index in [-0.39, 0.29) is 17.8 Å². The number of allylic oxidation sites excluding steroid dienone is 2. The van der Waals surface area contributed by atoms with E-state index >= 15 is 0 Å². The molecule has 4 heteroatoms. The molecule has 108 valence electrons. The lowest BCUT2D eigenvalue weighted by Gasteiger charge is -2.28. The smallest absolute Gasteiger partial charge is 0.314 e. The molecule has 0 spiro atoms. The molecular weight excluding hydrogens is 286 g/mol. The number of aromatic nitrogens is 1. The summed E-state index contributed by atoms with van der Waals surface area (Å²) < 4.78 is 5.32. The number of H-pyrrole nitrogens is 1. The van der Waals surface area contributed by atoms with Gasteiger partial charge in [0.2, 0.25) is 0 Å². The van der Waals surface area contributed by atoms with Gasteiger partial charge in [-0.05, 0) is 43.0 Å². The van der Waals surface area contributed by atoms with E-state index in [0.717, 1.165) is 28.6 Å². The van der Waals surface area contributed by atoms with Crippen LogP contribution in [0.1, 0.15) is 36.4 Å². The highest BCUT2D eigenvalue weighted by atomic mass is 35.5. The van der Waals surface area contributed by atoms with Crippen LogP contribution in [-0.2, 0) is 9.53 Å². The Morgan fingerprint density at radius 2 is 2.29 bits per heavy atom. The minimum atomic E-state index is -0.220. The molecule has 2 aromatic rings. The van der Waals surface area contributed by atoms with Gasteiger partial charge in [-0.2, -0.15) is 0 Å². The van der Waals surface area contributed by atoms with Crippen LogP contribution in [0.3, 0.4) is 0 Å². The third-order valence-corrected chi connectivity index (χ3v) is 4.83. The quantitative estimate of drug-likeness (QED) is 0.669. The number of fused-ring (bicyclic) bond motifs is 6. The lowest BCUT2D eigenvalue weighted by Crippen LogP contribution is -2.26. The Balaban J connectivity index is 1.95. The van der Waals surface area contributed by atoms with Crippen molar-refractivity contribution in [3.8, 4) is 0 Å². The summed E-state index contributed by atoms with van der Waals surface area (Å²) in [6.07, 6.45) is 5.35. The highest BCUT2D eigenvalue weighted by molar-refractivity contribution is 6.31. The van der Waals surface area contributed by atoms with Gasteiger partial charge in [0.1, 0.15) is 0 Å². The van der Waals surface area contributed by atoms with E-state index in [2.05, 4.69) is 17.1 Å². The third-order valence-electron chi connectivity index (χ3n) is 4.60. The maximum atomic E-state index is 12.5. The van der Waals surface area contributed by atoms with E-state index < -0.39 is 0 Å². The van der Waals surface area contributed by atoms with Gasteiger partial charge < -0.3 is 9.72 Å². The predicted molar refractivity (Wildman–Crippen MR) is 82.7 cm³/mol. The van der Waals surface area contributed by atoms with Crippen molar-refractivity contribution < 1.29 is 9.53 Å². The second kappa shape index (κ2) is 4.63. The van der Waals surface area contributed by atoms with Gasteiger partial charge >= 0.3 is 5.97 Å². The molecule has 4 rings (SSSR count). The normalized spacial score (nSPS) is 26.1. The van der Waals surface area contributed by atoms with E-state index in [0.29, 0.717) is 17.5 Å². The summed E-state index contributed by atoms with van der Waals surface area (Å²) in [7, 11) is 0. The van der Waals surface area contributed by atoms with Gasteiger partial charge in [0, 0.05) is 27.5 Å². The molecule has 0 aliphatic heterocycles. The minimum absolute atomic E-state index is 0.130. The highest BCUT2D eigenvalue weighted by Crippen LogP contribution is 2.51. The molecule has 1 aromatic carbocycles. The van der Waals surface area contributed by atoms with Crippen molar-refractivity contribution in [3.05, 3.63) is 46.6 Å². The first-order valence-corrected chi connectivity index (χ1v) is 7.72. The minimum Gasteiger partial charge on any atom is -0.466 e. The van der Waals surface area contributed by atoms with E-state index in [9.17, 15) is 4.79 Å². The van der Waals surface area contributed by atoms with Gasteiger partial charge in [-0.1, -0.05) is 23.8 Å². The van der Waals surface area contributed by atoms with Crippen LogP contribution < -0.4 is 0 Å². The number of benzene rings is 1. The molecule has 1 aromatic heterocycles. The lowest BCUT2D eigenvalue weighted by atomic mass is 9.76. The Morgan fingerprint density at radius 1 is 1.43 bits per heavy atom. The average Bonchev–Trinajstić information content (AvgIpc) is 3.03. The summed E-state index contributed by atoms with van der Waals surface area (Å²) in [4.78, 5) is 16.0. The Kier molecular flexibility index (Phi) is 2.86. The summed E-state index contributed by atoms with van der Waals surface area (Å²) in [6, 6.07) is 5.80. The van der Waals surface area contributed by atoms with Crippen molar-refractivity contribution in [1.29, 1.82) is 0 Å². The van der Waals surface area contributed by atoms with E-state index in [1.165, 1.54) is 0 Å². The average molecular weight is 302 g/mol. The zero-order chi connectivity index (χ0) is 14.6. The number of nitrogens with one attached hydrogen (secondary N) is 1. The first-order valence-electron chi connectivity index (χ1n) is 7.35. The second-order valence-electron chi connectivity index (χ2n) is 5.76. The molecule has 2 bridgehead atoms. The second-order valence-corrected chi connectivity index (χ2v) is 6.20. The Hall–Kier alpha value is -1.74. The standard InChI is InChI=1S/C17H16ClNO2/c1-2-21-17(20)14-9-3-4-10(7-9)16-15(14)12-8-11(18)5-6-13(12)19-16/h3-6,8-10,14,19H,2,7H2,1H3/t9-,10?,14?/m1/s1. The molecule has 2 aliphatic carbocycles. The Morgan fingerprint density at radius 3 is 3.10 bits per heavy atom. The topological polar surface area (TPSA) is 42.1 Å². The van der Waals surface area contributed by atoms with Crippen molar-refractivity contribution in [2.24, 2.45) is 5.92 Å². The zero-order valence-corrected chi connectivity index (χ0v) is 12.5. The summed E-state index contributed by atoms with van der Waals surface area (Å²) in [5.41, 5.74) is 3.27. The van der Waals surface area contributed by atoms with Crippen LogP contribution in [0.2, 0.25) is 5.02 Å². The van der Waals surface area contributed by atoms with Gasteiger partial charge in [0.15, 0.2) is 0 Å². The number of esters is 1. The highest BCUT2D eigenvalue weighted by Gasteiger charge is 2.43. The van der Waals surface area contributed by atoms with Gasteiger partial charge in [-0.3, -0.25) is 4.79 Å². The van der Waals surface area contributed by atoms with Gasteiger partial charge in [0.05, 0.1) is 12.5 Å². The first-order chi connectivity index (χ1) is 10.2. The van der Waals surface area contributed by atoms with Crippen molar-refractivity contribution in [3.63, 3.8) is 0 Å². The molecule has 0 radical (unpaired) electrons. The number of hydrogen-bond donors (Lipinski definition) is 1. The molecule has 1 N–H and O–H groups in total. The molecule has 0 saturated carbocycles. The molecule has 0 fully saturated rings. The van der Waals surface area contributed by atoms with Crippen LogP contribution in [0, 0.1) is 5.92 Å². The monoisotopic (exact) mass is 301 g/mol. The maximum absolute atomic E-state index is 12.5. The van der Waals surface area contributed by atoms with Crippen LogP contribution >= 0.6 is 11.6 Å². The van der Waals surface area contributed by atoms with Gasteiger partial charge in [0.25, 0.3) is 0 Å². The van der Waals surface area contributed by atoms with Gasteiger partial charge in [-0.15, -0.1) is 0 Å². The lowest BCUT2D eigenvalue weighted by molar-refractivity contribution is -0.146. The van der Waals surface area contributed by atoms with Crippen LogP contribution in [0.15, 0.2) is 30.4 Å².